The fourth-order valence-corrected chi connectivity index (χ4v) is 4.67. The summed E-state index contributed by atoms with van der Waals surface area (Å²) >= 11 is 0. The van der Waals surface area contributed by atoms with E-state index in [9.17, 15) is 0 Å². The van der Waals surface area contributed by atoms with Gasteiger partial charge < -0.3 is 0 Å². The molecule has 0 nitrogen and oxygen atoms in total. The van der Waals surface area contributed by atoms with E-state index in [2.05, 4.69) is 112 Å². The van der Waals surface area contributed by atoms with Crippen molar-refractivity contribution in [3.05, 3.63) is 95.6 Å². The highest BCUT2D eigenvalue weighted by molar-refractivity contribution is 6.94. The number of hydrogen-bond donors (Lipinski definition) is 0. The Kier molecular flexibility index (Phi) is 5.05. The molecule has 0 heterocycles. The fraction of sp³-hybridized carbons (Fsp3) is 0.167. The molecule has 1 heteroatoms. The van der Waals surface area contributed by atoms with Crippen LogP contribution in [0.1, 0.15) is 16.7 Å². The summed E-state index contributed by atoms with van der Waals surface area (Å²) in [5.74, 6) is 0. The van der Waals surface area contributed by atoms with Crippen molar-refractivity contribution in [1.29, 1.82) is 0 Å². The zero-order chi connectivity index (χ0) is 17.9. The maximum absolute atomic E-state index is 2.41. The second-order valence-corrected chi connectivity index (χ2v) is 12.7. The second kappa shape index (κ2) is 7.24. The van der Waals surface area contributed by atoms with Crippen LogP contribution in [-0.4, -0.2) is 8.07 Å². The third-order valence-electron chi connectivity index (χ3n) is 4.50. The van der Waals surface area contributed by atoms with Gasteiger partial charge in [-0.2, -0.15) is 0 Å². The van der Waals surface area contributed by atoms with Crippen LogP contribution in [0.15, 0.2) is 78.9 Å². The molecule has 0 radical (unpaired) electrons. The van der Waals surface area contributed by atoms with Gasteiger partial charge in [-0.15, -0.1) is 0 Å². The molecule has 0 saturated heterocycles. The molecular formula is C24H26Si. The van der Waals surface area contributed by atoms with Crippen LogP contribution in [-0.2, 0) is 0 Å². The lowest BCUT2D eigenvalue weighted by molar-refractivity contribution is 1.47. The minimum atomic E-state index is -1.43. The van der Waals surface area contributed by atoms with E-state index in [1.54, 1.807) is 0 Å². The molecule has 0 fully saturated rings. The molecule has 0 aliphatic heterocycles. The Bertz CT molecular complexity index is 849. The molecule has 0 aliphatic rings. The first-order valence-corrected chi connectivity index (χ1v) is 12.4. The quantitative estimate of drug-likeness (QED) is 0.351. The van der Waals surface area contributed by atoms with E-state index >= 15 is 0 Å². The number of rotatable bonds is 4. The van der Waals surface area contributed by atoms with Crippen LogP contribution in [0.4, 0.5) is 0 Å². The number of hydrogen-bond acceptors (Lipinski definition) is 0. The molecule has 0 amide bonds. The Balaban J connectivity index is 1.95. The van der Waals surface area contributed by atoms with Crippen LogP contribution in [0.3, 0.4) is 0 Å². The SMILES string of the molecule is Cc1ccc(-c2ccc(/C=C(/c3ccccc3)[Si](C)(C)C)cc2)cc1. The Morgan fingerprint density at radius 2 is 1.20 bits per heavy atom. The van der Waals surface area contributed by atoms with Crippen molar-refractivity contribution in [3.63, 3.8) is 0 Å². The molecule has 0 atom stereocenters. The van der Waals surface area contributed by atoms with Crippen LogP contribution in [0.25, 0.3) is 22.4 Å². The van der Waals surface area contributed by atoms with Gasteiger partial charge in [0.15, 0.2) is 0 Å². The zero-order valence-corrected chi connectivity index (χ0v) is 16.6. The standard InChI is InChI=1S/C24H26Si/c1-19-10-14-21(15-11-19)22-16-12-20(13-17-22)18-24(25(2,3)4)23-8-6-5-7-9-23/h5-18H,1-4H3/b24-18-. The first kappa shape index (κ1) is 17.4. The summed E-state index contributed by atoms with van der Waals surface area (Å²) < 4.78 is 0. The van der Waals surface area contributed by atoms with Gasteiger partial charge in [-0.1, -0.05) is 115 Å². The normalized spacial score (nSPS) is 12.2. The molecule has 0 saturated carbocycles. The Hall–Kier alpha value is -2.38. The summed E-state index contributed by atoms with van der Waals surface area (Å²) in [4.78, 5) is 0. The van der Waals surface area contributed by atoms with E-state index in [1.165, 1.54) is 33.0 Å². The first-order valence-electron chi connectivity index (χ1n) is 8.88. The maximum Gasteiger partial charge on any atom is 0.0784 e. The van der Waals surface area contributed by atoms with Gasteiger partial charge in [0.05, 0.1) is 8.07 Å². The summed E-state index contributed by atoms with van der Waals surface area (Å²) in [6, 6.07) is 28.4. The molecule has 126 valence electrons. The van der Waals surface area contributed by atoms with E-state index in [-0.39, 0.29) is 0 Å². The van der Waals surface area contributed by atoms with Crippen LogP contribution in [0.5, 0.6) is 0 Å². The van der Waals surface area contributed by atoms with Crippen LogP contribution >= 0.6 is 0 Å². The van der Waals surface area contributed by atoms with Gasteiger partial charge in [0, 0.05) is 0 Å². The predicted molar refractivity (Wildman–Crippen MR) is 114 cm³/mol. The predicted octanol–water partition coefficient (Wildman–Crippen LogP) is 7.08. The number of benzene rings is 3. The summed E-state index contributed by atoms with van der Waals surface area (Å²) in [6.07, 6.45) is 2.38. The highest BCUT2D eigenvalue weighted by Crippen LogP contribution is 2.29. The summed E-state index contributed by atoms with van der Waals surface area (Å²) in [5.41, 5.74) is 6.47. The highest BCUT2D eigenvalue weighted by atomic mass is 28.3. The van der Waals surface area contributed by atoms with Crippen LogP contribution in [0, 0.1) is 6.92 Å². The van der Waals surface area contributed by atoms with Gasteiger partial charge in [-0.05, 0) is 29.2 Å². The smallest absolute Gasteiger partial charge is 0.0656 e. The lowest BCUT2D eigenvalue weighted by Crippen LogP contribution is -2.22. The van der Waals surface area contributed by atoms with Gasteiger partial charge >= 0.3 is 0 Å². The molecule has 3 aromatic carbocycles. The van der Waals surface area contributed by atoms with E-state index in [0.717, 1.165) is 0 Å². The minimum absolute atomic E-state index is 1.27. The average molecular weight is 343 g/mol. The zero-order valence-electron chi connectivity index (χ0n) is 15.6. The molecule has 0 N–H and O–H groups in total. The van der Waals surface area contributed by atoms with Crippen molar-refractivity contribution in [2.75, 3.05) is 0 Å². The number of aryl methyl sites for hydroxylation is 1. The summed E-state index contributed by atoms with van der Waals surface area (Å²) in [6.45, 7) is 9.35. The molecule has 0 spiro atoms. The largest absolute Gasteiger partial charge is 0.0784 e. The molecular weight excluding hydrogens is 316 g/mol. The van der Waals surface area contributed by atoms with E-state index in [0.29, 0.717) is 0 Å². The summed E-state index contributed by atoms with van der Waals surface area (Å²) in [5, 5.41) is 1.50. The maximum atomic E-state index is 2.41. The van der Waals surface area contributed by atoms with Crippen molar-refractivity contribution in [1.82, 2.24) is 0 Å². The van der Waals surface area contributed by atoms with Crippen LogP contribution in [0.2, 0.25) is 19.6 Å². The van der Waals surface area contributed by atoms with Crippen molar-refractivity contribution in [2.45, 2.75) is 26.6 Å². The second-order valence-electron chi connectivity index (χ2n) is 7.66. The minimum Gasteiger partial charge on any atom is -0.0656 e. The Labute approximate surface area is 152 Å². The monoisotopic (exact) mass is 342 g/mol. The average Bonchev–Trinajstić information content (AvgIpc) is 2.61. The molecule has 0 bridgehead atoms. The van der Waals surface area contributed by atoms with Gasteiger partial charge in [0.25, 0.3) is 0 Å². The lowest BCUT2D eigenvalue weighted by atomic mass is 10.0. The van der Waals surface area contributed by atoms with E-state index in [4.69, 9.17) is 0 Å². The lowest BCUT2D eigenvalue weighted by Gasteiger charge is -2.22. The first-order chi connectivity index (χ1) is 11.9. The van der Waals surface area contributed by atoms with Gasteiger partial charge in [0.1, 0.15) is 0 Å². The van der Waals surface area contributed by atoms with Crippen molar-refractivity contribution in [3.8, 4) is 11.1 Å². The molecule has 3 rings (SSSR count). The molecule has 0 unspecified atom stereocenters. The third kappa shape index (κ3) is 4.37. The van der Waals surface area contributed by atoms with Gasteiger partial charge in [-0.3, -0.25) is 0 Å². The van der Waals surface area contributed by atoms with E-state index in [1.807, 2.05) is 0 Å². The Morgan fingerprint density at radius 1 is 0.680 bits per heavy atom. The molecule has 0 aromatic heterocycles. The fourth-order valence-electron chi connectivity index (χ4n) is 3.04. The van der Waals surface area contributed by atoms with Gasteiger partial charge in [-0.25, -0.2) is 0 Å². The van der Waals surface area contributed by atoms with Crippen molar-refractivity contribution in [2.24, 2.45) is 0 Å². The topological polar surface area (TPSA) is 0 Å². The molecule has 0 aliphatic carbocycles. The molecule has 25 heavy (non-hydrogen) atoms. The van der Waals surface area contributed by atoms with E-state index < -0.39 is 8.07 Å². The highest BCUT2D eigenvalue weighted by Gasteiger charge is 2.20. The van der Waals surface area contributed by atoms with Crippen molar-refractivity contribution < 1.29 is 0 Å². The van der Waals surface area contributed by atoms with Gasteiger partial charge in [0.2, 0.25) is 0 Å². The Morgan fingerprint density at radius 3 is 1.72 bits per heavy atom. The summed E-state index contributed by atoms with van der Waals surface area (Å²) in [7, 11) is -1.43. The van der Waals surface area contributed by atoms with Crippen molar-refractivity contribution >= 4 is 19.3 Å². The molecule has 3 aromatic rings. The van der Waals surface area contributed by atoms with Crippen LogP contribution < -0.4 is 0 Å². The third-order valence-corrected chi connectivity index (χ3v) is 6.55.